The zero-order valence-corrected chi connectivity index (χ0v) is 11.0. The molecule has 19 heavy (non-hydrogen) atoms. The van der Waals surface area contributed by atoms with Crippen LogP contribution in [0.4, 0.5) is 4.79 Å². The molecule has 0 aliphatic heterocycles. The van der Waals surface area contributed by atoms with Gasteiger partial charge in [0.2, 0.25) is 5.91 Å². The maximum atomic E-state index is 11.6. The molecule has 1 aromatic rings. The van der Waals surface area contributed by atoms with Gasteiger partial charge in [-0.3, -0.25) is 10.1 Å². The van der Waals surface area contributed by atoms with E-state index in [1.54, 1.807) is 6.92 Å². The SMILES string of the molecule is CC(NC1CCc2ccccc2C1)C(=O)NC(N)=O. The van der Waals surface area contributed by atoms with E-state index in [1.807, 2.05) is 6.07 Å². The summed E-state index contributed by atoms with van der Waals surface area (Å²) in [4.78, 5) is 22.2. The molecule has 102 valence electrons. The minimum absolute atomic E-state index is 0.253. The maximum Gasteiger partial charge on any atom is 0.318 e. The van der Waals surface area contributed by atoms with Crippen LogP contribution in [0.5, 0.6) is 0 Å². The summed E-state index contributed by atoms with van der Waals surface area (Å²) < 4.78 is 0. The standard InChI is InChI=1S/C14H19N3O2/c1-9(13(18)17-14(15)19)16-12-7-6-10-4-2-3-5-11(10)8-12/h2-5,9,12,16H,6-8H2,1H3,(H3,15,17,18,19). The second-order valence-electron chi connectivity index (χ2n) is 4.95. The summed E-state index contributed by atoms with van der Waals surface area (Å²) in [6.45, 7) is 1.73. The lowest BCUT2D eigenvalue weighted by molar-refractivity contribution is -0.121. The molecule has 1 aliphatic rings. The molecule has 5 heteroatoms. The summed E-state index contributed by atoms with van der Waals surface area (Å²) in [5.74, 6) is -0.383. The monoisotopic (exact) mass is 261 g/mol. The highest BCUT2D eigenvalue weighted by atomic mass is 16.2. The van der Waals surface area contributed by atoms with E-state index >= 15 is 0 Å². The van der Waals surface area contributed by atoms with Crippen molar-refractivity contribution in [3.05, 3.63) is 35.4 Å². The molecule has 0 aromatic heterocycles. The molecule has 1 aliphatic carbocycles. The van der Waals surface area contributed by atoms with Gasteiger partial charge in [-0.2, -0.15) is 0 Å². The Balaban J connectivity index is 1.91. The van der Waals surface area contributed by atoms with Crippen molar-refractivity contribution in [2.45, 2.75) is 38.3 Å². The van der Waals surface area contributed by atoms with Crippen molar-refractivity contribution in [2.75, 3.05) is 0 Å². The first-order chi connectivity index (χ1) is 9.06. The first-order valence-corrected chi connectivity index (χ1v) is 6.49. The summed E-state index contributed by atoms with van der Waals surface area (Å²) in [5, 5.41) is 5.33. The van der Waals surface area contributed by atoms with Crippen molar-refractivity contribution in [1.29, 1.82) is 0 Å². The molecule has 1 aromatic carbocycles. The third-order valence-corrected chi connectivity index (χ3v) is 3.47. The van der Waals surface area contributed by atoms with Crippen LogP contribution in [0.3, 0.4) is 0 Å². The number of hydrogen-bond donors (Lipinski definition) is 3. The molecule has 0 fully saturated rings. The van der Waals surface area contributed by atoms with E-state index in [2.05, 4.69) is 28.8 Å². The number of imide groups is 1. The summed E-state index contributed by atoms with van der Waals surface area (Å²) in [6, 6.07) is 7.37. The van der Waals surface area contributed by atoms with Gasteiger partial charge in [0.1, 0.15) is 0 Å². The Kier molecular flexibility index (Phi) is 4.16. The van der Waals surface area contributed by atoms with Gasteiger partial charge in [0.25, 0.3) is 0 Å². The average molecular weight is 261 g/mol. The largest absolute Gasteiger partial charge is 0.351 e. The van der Waals surface area contributed by atoms with E-state index in [0.29, 0.717) is 0 Å². The van der Waals surface area contributed by atoms with E-state index in [9.17, 15) is 9.59 Å². The second-order valence-corrected chi connectivity index (χ2v) is 4.95. The number of fused-ring (bicyclic) bond motifs is 1. The van der Waals surface area contributed by atoms with E-state index in [0.717, 1.165) is 19.3 Å². The summed E-state index contributed by atoms with van der Waals surface area (Å²) in [5.41, 5.74) is 7.64. The quantitative estimate of drug-likeness (QED) is 0.749. The number of primary amides is 1. The molecule has 2 atom stereocenters. The van der Waals surface area contributed by atoms with E-state index in [4.69, 9.17) is 5.73 Å². The molecule has 0 spiro atoms. The second kappa shape index (κ2) is 5.84. The van der Waals surface area contributed by atoms with Crippen LogP contribution in [-0.2, 0) is 17.6 Å². The van der Waals surface area contributed by atoms with Gasteiger partial charge in [0.15, 0.2) is 0 Å². The third-order valence-electron chi connectivity index (χ3n) is 3.47. The van der Waals surface area contributed by atoms with Crippen LogP contribution < -0.4 is 16.4 Å². The number of nitrogens with one attached hydrogen (secondary N) is 2. The fourth-order valence-corrected chi connectivity index (χ4v) is 2.50. The fourth-order valence-electron chi connectivity index (χ4n) is 2.50. The molecule has 0 bridgehead atoms. The molecule has 0 radical (unpaired) electrons. The number of aryl methyl sites for hydroxylation is 1. The van der Waals surface area contributed by atoms with E-state index < -0.39 is 12.1 Å². The molecule has 0 heterocycles. The zero-order chi connectivity index (χ0) is 13.8. The highest BCUT2D eigenvalue weighted by molar-refractivity contribution is 5.96. The molecule has 3 amide bonds. The van der Waals surface area contributed by atoms with Gasteiger partial charge < -0.3 is 11.1 Å². The van der Waals surface area contributed by atoms with Crippen molar-refractivity contribution in [3.8, 4) is 0 Å². The van der Waals surface area contributed by atoms with Crippen LogP contribution >= 0.6 is 0 Å². The van der Waals surface area contributed by atoms with Crippen molar-refractivity contribution >= 4 is 11.9 Å². The van der Waals surface area contributed by atoms with Gasteiger partial charge in [-0.15, -0.1) is 0 Å². The van der Waals surface area contributed by atoms with Crippen molar-refractivity contribution in [3.63, 3.8) is 0 Å². The number of carbonyl (C=O) groups is 2. The number of amides is 3. The Hall–Kier alpha value is -1.88. The minimum Gasteiger partial charge on any atom is -0.351 e. The van der Waals surface area contributed by atoms with Crippen LogP contribution in [0.1, 0.15) is 24.5 Å². The van der Waals surface area contributed by atoms with Gasteiger partial charge >= 0.3 is 6.03 Å². The van der Waals surface area contributed by atoms with E-state index in [1.165, 1.54) is 11.1 Å². The lowest BCUT2D eigenvalue weighted by Gasteiger charge is -2.27. The zero-order valence-electron chi connectivity index (χ0n) is 11.0. The maximum absolute atomic E-state index is 11.6. The van der Waals surface area contributed by atoms with Crippen LogP contribution in [0.25, 0.3) is 0 Å². The van der Waals surface area contributed by atoms with Gasteiger partial charge in [0, 0.05) is 6.04 Å². The van der Waals surface area contributed by atoms with Crippen molar-refractivity contribution in [1.82, 2.24) is 10.6 Å². The normalized spacial score (nSPS) is 19.3. The lowest BCUT2D eigenvalue weighted by atomic mass is 9.88. The molecule has 2 rings (SSSR count). The molecule has 4 N–H and O–H groups in total. The first kappa shape index (κ1) is 13.5. The molecule has 0 saturated heterocycles. The fraction of sp³-hybridized carbons (Fsp3) is 0.429. The van der Waals surface area contributed by atoms with E-state index in [-0.39, 0.29) is 11.9 Å². The van der Waals surface area contributed by atoms with Crippen LogP contribution in [0, 0.1) is 0 Å². The van der Waals surface area contributed by atoms with Crippen LogP contribution in [-0.4, -0.2) is 24.0 Å². The molecule has 2 unspecified atom stereocenters. The Labute approximate surface area is 112 Å². The van der Waals surface area contributed by atoms with Crippen LogP contribution in [0.15, 0.2) is 24.3 Å². The smallest absolute Gasteiger partial charge is 0.318 e. The Morgan fingerprint density at radius 1 is 1.32 bits per heavy atom. The topological polar surface area (TPSA) is 84.2 Å². The number of rotatable bonds is 3. The predicted octanol–water partition coefficient (Wildman–Crippen LogP) is 0.717. The van der Waals surface area contributed by atoms with Gasteiger partial charge in [-0.05, 0) is 37.3 Å². The van der Waals surface area contributed by atoms with Crippen LogP contribution in [0.2, 0.25) is 0 Å². The van der Waals surface area contributed by atoms with Gasteiger partial charge in [0.05, 0.1) is 6.04 Å². The lowest BCUT2D eigenvalue weighted by Crippen LogP contribution is -2.50. The molecular weight excluding hydrogens is 242 g/mol. The summed E-state index contributed by atoms with van der Waals surface area (Å²) in [7, 11) is 0. The van der Waals surface area contributed by atoms with Gasteiger partial charge in [-0.25, -0.2) is 4.79 Å². The van der Waals surface area contributed by atoms with Gasteiger partial charge in [-0.1, -0.05) is 24.3 Å². The summed E-state index contributed by atoms with van der Waals surface area (Å²) in [6.07, 6.45) is 2.91. The summed E-state index contributed by atoms with van der Waals surface area (Å²) >= 11 is 0. The molecule has 5 nitrogen and oxygen atoms in total. The Morgan fingerprint density at radius 2 is 2.00 bits per heavy atom. The molecule has 0 saturated carbocycles. The number of hydrogen-bond acceptors (Lipinski definition) is 3. The third kappa shape index (κ3) is 3.54. The predicted molar refractivity (Wildman–Crippen MR) is 72.6 cm³/mol. The highest BCUT2D eigenvalue weighted by Crippen LogP contribution is 2.21. The Morgan fingerprint density at radius 3 is 2.68 bits per heavy atom. The van der Waals surface area contributed by atoms with Crippen molar-refractivity contribution in [2.24, 2.45) is 5.73 Å². The molecular formula is C14H19N3O2. The highest BCUT2D eigenvalue weighted by Gasteiger charge is 2.22. The first-order valence-electron chi connectivity index (χ1n) is 6.49. The average Bonchev–Trinajstić information content (AvgIpc) is 2.37. The number of carbonyl (C=O) groups excluding carboxylic acids is 2. The number of benzene rings is 1. The minimum atomic E-state index is -0.812. The van der Waals surface area contributed by atoms with Crippen molar-refractivity contribution < 1.29 is 9.59 Å². The number of nitrogens with two attached hydrogens (primary N) is 1. The number of urea groups is 1. The Bertz CT molecular complexity index is 487.